The van der Waals surface area contributed by atoms with Gasteiger partial charge in [0.15, 0.2) is 0 Å². The van der Waals surface area contributed by atoms with Gasteiger partial charge in [0.05, 0.1) is 0 Å². The van der Waals surface area contributed by atoms with E-state index in [1.165, 1.54) is 0 Å². The summed E-state index contributed by atoms with van der Waals surface area (Å²) in [7, 11) is 0. The molecule has 1 aromatic heterocycles. The van der Waals surface area contributed by atoms with Crippen molar-refractivity contribution in [1.82, 2.24) is 10.3 Å². The third-order valence-electron chi connectivity index (χ3n) is 0.554. The van der Waals surface area contributed by atoms with Crippen LogP contribution in [0.2, 0.25) is 5.15 Å². The van der Waals surface area contributed by atoms with E-state index in [0.29, 0.717) is 0 Å². The maximum atomic E-state index is 8.11. The molecule has 0 bridgehead atoms. The summed E-state index contributed by atoms with van der Waals surface area (Å²) in [5, 5.41) is 14.4. The van der Waals surface area contributed by atoms with Crippen LogP contribution in [0.3, 0.4) is 0 Å². The number of aromatic nitrogens is 2. The smallest absolute Gasteiger partial charge is 0.233 e. The van der Waals surface area contributed by atoms with E-state index in [1.807, 2.05) is 0 Å². The zero-order valence-corrected chi connectivity index (χ0v) is 4.38. The van der Waals surface area contributed by atoms with E-state index in [9.17, 15) is 0 Å². The van der Waals surface area contributed by atoms with Crippen LogP contribution in [-0.4, -0.2) is 15.5 Å². The molecule has 8 heavy (non-hydrogen) atoms. The molecule has 0 atom stereocenters. The highest BCUT2D eigenvalue weighted by Gasteiger charge is 2.02. The van der Waals surface area contributed by atoms with Crippen molar-refractivity contribution in [2.24, 2.45) is 0 Å². The van der Waals surface area contributed by atoms with Gasteiger partial charge >= 0.3 is 0 Å². The standard InChI is InChI=1S/C2H2ClN3O2/c3-1-2(4-7)6-8-5-1/h7H,(H,4,6). The van der Waals surface area contributed by atoms with Crippen molar-refractivity contribution < 1.29 is 9.84 Å². The Balaban J connectivity index is 2.92. The molecule has 5 nitrogen and oxygen atoms in total. The number of nitrogens with zero attached hydrogens (tertiary/aromatic N) is 2. The molecular weight excluding hydrogens is 133 g/mol. The van der Waals surface area contributed by atoms with Gasteiger partial charge in [-0.05, 0) is 10.3 Å². The summed E-state index contributed by atoms with van der Waals surface area (Å²) < 4.78 is 4.08. The van der Waals surface area contributed by atoms with Gasteiger partial charge < -0.3 is 0 Å². The van der Waals surface area contributed by atoms with Gasteiger partial charge in [-0.25, -0.2) is 10.1 Å². The van der Waals surface area contributed by atoms with Crippen molar-refractivity contribution in [2.45, 2.75) is 0 Å². The van der Waals surface area contributed by atoms with E-state index in [-0.39, 0.29) is 11.0 Å². The van der Waals surface area contributed by atoms with Gasteiger partial charge in [-0.15, -0.1) is 0 Å². The molecule has 44 valence electrons. The lowest BCUT2D eigenvalue weighted by atomic mass is 10.8. The maximum absolute atomic E-state index is 8.11. The Labute approximate surface area is 49.2 Å². The third-order valence-corrected chi connectivity index (χ3v) is 0.802. The fourth-order valence-corrected chi connectivity index (χ4v) is 0.352. The maximum Gasteiger partial charge on any atom is 0.233 e. The number of nitrogens with one attached hydrogen (secondary N) is 1. The normalized spacial score (nSPS) is 9.25. The predicted octanol–water partition coefficient (Wildman–Crippen LogP) is 0.524. The van der Waals surface area contributed by atoms with E-state index in [1.54, 1.807) is 5.48 Å². The zero-order chi connectivity index (χ0) is 5.98. The molecule has 0 saturated carbocycles. The van der Waals surface area contributed by atoms with Crippen LogP contribution in [0.25, 0.3) is 0 Å². The van der Waals surface area contributed by atoms with Gasteiger partial charge in [0.2, 0.25) is 11.0 Å². The first kappa shape index (κ1) is 5.33. The largest absolute Gasteiger partial charge is 0.290 e. The fourth-order valence-electron chi connectivity index (χ4n) is 0.245. The fraction of sp³-hybridized carbons (Fsp3) is 0. The van der Waals surface area contributed by atoms with Gasteiger partial charge in [-0.3, -0.25) is 5.21 Å². The van der Waals surface area contributed by atoms with Crippen LogP contribution < -0.4 is 5.48 Å². The van der Waals surface area contributed by atoms with Gasteiger partial charge in [0, 0.05) is 0 Å². The molecule has 6 heteroatoms. The lowest BCUT2D eigenvalue weighted by Gasteiger charge is -1.83. The SMILES string of the molecule is ONc1nonc1Cl. The highest BCUT2D eigenvalue weighted by molar-refractivity contribution is 6.31. The molecule has 2 N–H and O–H groups in total. The van der Waals surface area contributed by atoms with Crippen LogP contribution in [0.4, 0.5) is 5.82 Å². The minimum absolute atomic E-state index is 0.00694. The highest BCUT2D eigenvalue weighted by Crippen LogP contribution is 2.12. The summed E-state index contributed by atoms with van der Waals surface area (Å²) >= 11 is 5.25. The molecule has 0 unspecified atom stereocenters. The molecule has 1 aromatic rings. The lowest BCUT2D eigenvalue weighted by Crippen LogP contribution is -1.88. The Bertz CT molecular complexity index is 176. The Morgan fingerprint density at radius 2 is 2.38 bits per heavy atom. The molecular formula is C2H2ClN3O2. The molecule has 0 aromatic carbocycles. The number of hydrogen-bond donors (Lipinski definition) is 2. The van der Waals surface area contributed by atoms with Crippen molar-refractivity contribution in [3.8, 4) is 0 Å². The van der Waals surface area contributed by atoms with Crippen LogP contribution in [-0.2, 0) is 0 Å². The van der Waals surface area contributed by atoms with E-state index < -0.39 is 0 Å². The summed E-state index contributed by atoms with van der Waals surface area (Å²) in [4.78, 5) is 0. The number of halogens is 1. The number of anilines is 1. The zero-order valence-electron chi connectivity index (χ0n) is 3.63. The number of hydrogen-bond acceptors (Lipinski definition) is 5. The van der Waals surface area contributed by atoms with Gasteiger partial charge in [0.1, 0.15) is 0 Å². The second-order valence-corrected chi connectivity index (χ2v) is 1.37. The topological polar surface area (TPSA) is 71.2 Å². The summed E-state index contributed by atoms with van der Waals surface area (Å²) in [5.74, 6) is 0.0201. The van der Waals surface area contributed by atoms with E-state index in [0.717, 1.165) is 0 Å². The van der Waals surface area contributed by atoms with Crippen molar-refractivity contribution in [3.63, 3.8) is 0 Å². The van der Waals surface area contributed by atoms with Crippen LogP contribution >= 0.6 is 11.6 Å². The van der Waals surface area contributed by atoms with Gasteiger partial charge in [-0.1, -0.05) is 11.6 Å². The minimum atomic E-state index is 0.00694. The number of rotatable bonds is 1. The highest BCUT2D eigenvalue weighted by atomic mass is 35.5. The monoisotopic (exact) mass is 135 g/mol. The Morgan fingerprint density at radius 1 is 1.62 bits per heavy atom. The quantitative estimate of drug-likeness (QED) is 0.550. The first-order valence-corrected chi connectivity index (χ1v) is 2.10. The summed E-state index contributed by atoms with van der Waals surface area (Å²) in [5.41, 5.74) is 1.68. The molecule has 0 fully saturated rings. The van der Waals surface area contributed by atoms with Crippen molar-refractivity contribution in [1.29, 1.82) is 0 Å². The molecule has 0 amide bonds. The van der Waals surface area contributed by atoms with E-state index in [2.05, 4.69) is 14.9 Å². The van der Waals surface area contributed by atoms with Crippen molar-refractivity contribution in [2.75, 3.05) is 5.48 Å². The molecule has 0 spiro atoms. The first-order chi connectivity index (χ1) is 3.84. The van der Waals surface area contributed by atoms with E-state index >= 15 is 0 Å². The van der Waals surface area contributed by atoms with Gasteiger partial charge in [0.25, 0.3) is 0 Å². The second-order valence-electron chi connectivity index (χ2n) is 1.02. The average Bonchev–Trinajstić information content (AvgIpc) is 2.14. The molecule has 0 aliphatic rings. The summed E-state index contributed by atoms with van der Waals surface area (Å²) in [6, 6.07) is 0. The second kappa shape index (κ2) is 1.97. The minimum Gasteiger partial charge on any atom is -0.290 e. The Hall–Kier alpha value is -0.810. The Kier molecular flexibility index (Phi) is 1.32. The molecule has 0 saturated heterocycles. The molecule has 0 aliphatic carbocycles. The van der Waals surface area contributed by atoms with E-state index in [4.69, 9.17) is 16.8 Å². The summed E-state index contributed by atoms with van der Waals surface area (Å²) in [6.45, 7) is 0. The van der Waals surface area contributed by atoms with Gasteiger partial charge in [-0.2, -0.15) is 0 Å². The first-order valence-electron chi connectivity index (χ1n) is 1.72. The lowest BCUT2D eigenvalue weighted by molar-refractivity contribution is 0.302. The van der Waals surface area contributed by atoms with Crippen molar-refractivity contribution in [3.05, 3.63) is 5.15 Å². The van der Waals surface area contributed by atoms with Crippen LogP contribution in [0, 0.1) is 0 Å². The molecule has 1 rings (SSSR count). The van der Waals surface area contributed by atoms with Crippen molar-refractivity contribution >= 4 is 17.4 Å². The molecule has 1 heterocycles. The van der Waals surface area contributed by atoms with Crippen LogP contribution in [0.5, 0.6) is 0 Å². The van der Waals surface area contributed by atoms with Crippen LogP contribution in [0.1, 0.15) is 0 Å². The average molecular weight is 136 g/mol. The predicted molar refractivity (Wildman–Crippen MR) is 24.7 cm³/mol. The molecule has 0 aliphatic heterocycles. The third kappa shape index (κ3) is 0.728. The molecule has 0 radical (unpaired) electrons. The van der Waals surface area contributed by atoms with Crippen LogP contribution in [0.15, 0.2) is 4.63 Å². The summed E-state index contributed by atoms with van der Waals surface area (Å²) in [6.07, 6.45) is 0. The Morgan fingerprint density at radius 3 is 2.62 bits per heavy atom.